The number of nitrogens with zero attached hydrogens (tertiary/aromatic N) is 1. The van der Waals surface area contributed by atoms with Gasteiger partial charge in [-0.05, 0) is 38.3 Å². The third-order valence-corrected chi connectivity index (χ3v) is 5.73. The van der Waals surface area contributed by atoms with E-state index in [0.717, 1.165) is 9.69 Å². The zero-order chi connectivity index (χ0) is 19.1. The minimum absolute atomic E-state index is 0.198. The predicted molar refractivity (Wildman–Crippen MR) is 99.4 cm³/mol. The first kappa shape index (κ1) is 18.2. The quantitative estimate of drug-likeness (QED) is 0.844. The molecule has 1 heterocycles. The number of anilines is 1. The molecule has 0 saturated heterocycles. The standard InChI is InChI=1S/C18H21N3O4S/c1-18(2,3)20-15(22)10-19-16(23)11-21-13-8-4-6-12-7-5-9-14(17(12)13)26(21,24)25/h4-9H,10-11H2,1-3H3,(H,19,23)(H,20,22). The lowest BCUT2D eigenvalue weighted by Crippen LogP contribution is -2.47. The molecular weight excluding hydrogens is 354 g/mol. The molecule has 3 rings (SSSR count). The van der Waals surface area contributed by atoms with Gasteiger partial charge in [-0.3, -0.25) is 13.9 Å². The highest BCUT2D eigenvalue weighted by molar-refractivity contribution is 7.93. The van der Waals surface area contributed by atoms with Crippen LogP contribution in [0.5, 0.6) is 0 Å². The summed E-state index contributed by atoms with van der Waals surface area (Å²) in [5.74, 6) is -0.872. The molecule has 0 saturated carbocycles. The van der Waals surface area contributed by atoms with E-state index in [0.29, 0.717) is 11.1 Å². The molecule has 0 unspecified atom stereocenters. The number of carbonyl (C=O) groups is 2. The Kier molecular flexibility index (Phi) is 4.39. The predicted octanol–water partition coefficient (Wildman–Crippen LogP) is 1.38. The van der Waals surface area contributed by atoms with Gasteiger partial charge < -0.3 is 10.6 Å². The van der Waals surface area contributed by atoms with Crippen molar-refractivity contribution in [2.24, 2.45) is 0 Å². The molecule has 2 aromatic carbocycles. The molecular formula is C18H21N3O4S. The number of carbonyl (C=O) groups excluding carboxylic acids is 2. The largest absolute Gasteiger partial charge is 0.350 e. The Bertz CT molecular complexity index is 988. The Morgan fingerprint density at radius 1 is 1.04 bits per heavy atom. The average Bonchev–Trinajstić information content (AvgIpc) is 2.75. The number of sulfonamides is 1. The fraction of sp³-hybridized carbons (Fsp3) is 0.333. The smallest absolute Gasteiger partial charge is 0.265 e. The molecule has 0 bridgehead atoms. The van der Waals surface area contributed by atoms with Crippen molar-refractivity contribution in [2.45, 2.75) is 31.2 Å². The summed E-state index contributed by atoms with van der Waals surface area (Å²) in [6, 6.07) is 10.3. The molecule has 26 heavy (non-hydrogen) atoms. The highest BCUT2D eigenvalue weighted by Crippen LogP contribution is 2.41. The topological polar surface area (TPSA) is 95.6 Å². The molecule has 2 amide bonds. The van der Waals surface area contributed by atoms with E-state index < -0.39 is 21.5 Å². The van der Waals surface area contributed by atoms with E-state index in [2.05, 4.69) is 10.6 Å². The highest BCUT2D eigenvalue weighted by atomic mass is 32.2. The van der Waals surface area contributed by atoms with Crippen molar-refractivity contribution in [3.63, 3.8) is 0 Å². The zero-order valence-electron chi connectivity index (χ0n) is 14.9. The summed E-state index contributed by atoms with van der Waals surface area (Å²) in [7, 11) is -3.79. The fourth-order valence-electron chi connectivity index (χ4n) is 2.96. The third kappa shape index (κ3) is 3.37. The molecule has 0 atom stereocenters. The summed E-state index contributed by atoms with van der Waals surface area (Å²) in [5.41, 5.74) is 0.0737. The van der Waals surface area contributed by atoms with Gasteiger partial charge in [0.25, 0.3) is 10.0 Å². The van der Waals surface area contributed by atoms with Crippen LogP contribution in [0.4, 0.5) is 5.69 Å². The molecule has 7 nitrogen and oxygen atoms in total. The van der Waals surface area contributed by atoms with Gasteiger partial charge in [-0.25, -0.2) is 8.42 Å². The van der Waals surface area contributed by atoms with Gasteiger partial charge in [0.15, 0.2) is 0 Å². The molecule has 138 valence electrons. The van der Waals surface area contributed by atoms with Crippen molar-refractivity contribution < 1.29 is 18.0 Å². The van der Waals surface area contributed by atoms with E-state index in [9.17, 15) is 18.0 Å². The van der Waals surface area contributed by atoms with Gasteiger partial charge in [0.2, 0.25) is 11.8 Å². The van der Waals surface area contributed by atoms with Gasteiger partial charge in [0.05, 0.1) is 17.1 Å². The number of amides is 2. The summed E-state index contributed by atoms with van der Waals surface area (Å²) < 4.78 is 26.7. The molecule has 8 heteroatoms. The van der Waals surface area contributed by atoms with Gasteiger partial charge in [-0.15, -0.1) is 0 Å². The summed E-state index contributed by atoms with van der Waals surface area (Å²) in [6.45, 7) is 4.92. The first-order valence-electron chi connectivity index (χ1n) is 8.22. The van der Waals surface area contributed by atoms with E-state index in [1.165, 1.54) is 6.07 Å². The van der Waals surface area contributed by atoms with Crippen LogP contribution in [0.1, 0.15) is 20.8 Å². The molecule has 2 aromatic rings. The lowest BCUT2D eigenvalue weighted by molar-refractivity contribution is -0.126. The number of rotatable bonds is 4. The molecule has 0 fully saturated rings. The summed E-state index contributed by atoms with van der Waals surface area (Å²) in [4.78, 5) is 24.2. The van der Waals surface area contributed by atoms with Crippen molar-refractivity contribution in [1.82, 2.24) is 10.6 Å². The monoisotopic (exact) mass is 375 g/mol. The lowest BCUT2D eigenvalue weighted by atomic mass is 10.1. The third-order valence-electron chi connectivity index (χ3n) is 3.93. The second kappa shape index (κ2) is 6.28. The first-order valence-corrected chi connectivity index (χ1v) is 9.66. The maximum atomic E-state index is 12.8. The van der Waals surface area contributed by atoms with E-state index >= 15 is 0 Å². The van der Waals surface area contributed by atoms with Gasteiger partial charge in [0, 0.05) is 10.9 Å². The Labute approximate surface area is 152 Å². The van der Waals surface area contributed by atoms with Gasteiger partial charge in [0.1, 0.15) is 6.54 Å². The van der Waals surface area contributed by atoms with E-state index in [1.54, 1.807) is 18.2 Å². The van der Waals surface area contributed by atoms with Crippen molar-refractivity contribution in [2.75, 3.05) is 17.4 Å². The second-order valence-electron chi connectivity index (χ2n) is 7.22. The molecule has 1 aliphatic rings. The zero-order valence-corrected chi connectivity index (χ0v) is 15.7. The van der Waals surface area contributed by atoms with Gasteiger partial charge >= 0.3 is 0 Å². The lowest BCUT2D eigenvalue weighted by Gasteiger charge is -2.21. The summed E-state index contributed by atoms with van der Waals surface area (Å²) in [6.07, 6.45) is 0. The molecule has 1 aliphatic heterocycles. The SMILES string of the molecule is CC(C)(C)NC(=O)CNC(=O)CN1c2cccc3cccc(c23)S1(=O)=O. The normalized spacial score (nSPS) is 15.1. The van der Waals surface area contributed by atoms with Crippen molar-refractivity contribution in [1.29, 1.82) is 0 Å². The number of nitrogens with one attached hydrogen (secondary N) is 2. The van der Waals surface area contributed by atoms with Crippen molar-refractivity contribution >= 4 is 38.3 Å². The number of benzene rings is 2. The Morgan fingerprint density at radius 2 is 1.69 bits per heavy atom. The van der Waals surface area contributed by atoms with E-state index in [4.69, 9.17) is 0 Å². The molecule has 0 aromatic heterocycles. The minimum Gasteiger partial charge on any atom is -0.350 e. The van der Waals surface area contributed by atoms with Gasteiger partial charge in [-0.2, -0.15) is 0 Å². The Morgan fingerprint density at radius 3 is 2.35 bits per heavy atom. The van der Waals surface area contributed by atoms with Crippen LogP contribution in [0.2, 0.25) is 0 Å². The fourth-order valence-corrected chi connectivity index (χ4v) is 4.62. The maximum Gasteiger partial charge on any atom is 0.265 e. The minimum atomic E-state index is -3.79. The van der Waals surface area contributed by atoms with Crippen molar-refractivity contribution in [3.8, 4) is 0 Å². The Hall–Kier alpha value is -2.61. The highest BCUT2D eigenvalue weighted by Gasteiger charge is 2.36. The van der Waals surface area contributed by atoms with Crippen LogP contribution < -0.4 is 14.9 Å². The van der Waals surface area contributed by atoms with Crippen LogP contribution in [-0.4, -0.2) is 38.9 Å². The molecule has 0 spiro atoms. The first-order chi connectivity index (χ1) is 12.1. The van der Waals surface area contributed by atoms with Crippen LogP contribution in [0.25, 0.3) is 10.8 Å². The van der Waals surface area contributed by atoms with Crippen molar-refractivity contribution in [3.05, 3.63) is 36.4 Å². The average molecular weight is 375 g/mol. The molecule has 0 radical (unpaired) electrons. The number of hydrogen-bond donors (Lipinski definition) is 2. The van der Waals surface area contributed by atoms with E-state index in [1.807, 2.05) is 32.9 Å². The maximum absolute atomic E-state index is 12.8. The van der Waals surface area contributed by atoms with E-state index in [-0.39, 0.29) is 23.9 Å². The summed E-state index contributed by atoms with van der Waals surface area (Å²) >= 11 is 0. The van der Waals surface area contributed by atoms with Crippen LogP contribution >= 0.6 is 0 Å². The van der Waals surface area contributed by atoms with Crippen LogP contribution in [0.15, 0.2) is 41.3 Å². The number of hydrogen-bond acceptors (Lipinski definition) is 4. The van der Waals surface area contributed by atoms with Crippen LogP contribution in [0.3, 0.4) is 0 Å². The second-order valence-corrected chi connectivity index (χ2v) is 9.05. The Balaban J connectivity index is 1.76. The molecule has 0 aliphatic carbocycles. The summed E-state index contributed by atoms with van der Waals surface area (Å²) in [5, 5.41) is 6.62. The van der Waals surface area contributed by atoms with Crippen LogP contribution in [0, 0.1) is 0 Å². The van der Waals surface area contributed by atoms with Crippen LogP contribution in [-0.2, 0) is 19.6 Å². The molecule has 2 N–H and O–H groups in total. The van der Waals surface area contributed by atoms with Gasteiger partial charge in [-0.1, -0.05) is 24.3 Å².